The van der Waals surface area contributed by atoms with Crippen LogP contribution in [0.4, 0.5) is 10.1 Å². The molecule has 3 aromatic rings. The Balaban J connectivity index is 1.58. The Bertz CT molecular complexity index is 837. The molecule has 0 fully saturated rings. The monoisotopic (exact) mass is 419 g/mol. The average molecular weight is 421 g/mol. The Labute approximate surface area is 159 Å². The molecule has 0 radical (unpaired) electrons. The molecule has 0 saturated carbocycles. The molecule has 0 heterocycles. The number of hydrogen-bond donors (Lipinski definition) is 1. The third-order valence-electron chi connectivity index (χ3n) is 3.64. The predicted molar refractivity (Wildman–Crippen MR) is 104 cm³/mol. The molecule has 5 heteroatoms. The quantitative estimate of drug-likeness (QED) is 0.496. The highest BCUT2D eigenvalue weighted by Crippen LogP contribution is 2.27. The van der Waals surface area contributed by atoms with Gasteiger partial charge in [-0.05, 0) is 59.7 Å². The molecule has 0 aliphatic rings. The van der Waals surface area contributed by atoms with E-state index < -0.39 is 0 Å². The maximum absolute atomic E-state index is 12.9. The minimum atomic E-state index is -0.249. The first-order chi connectivity index (χ1) is 12.1. The predicted octanol–water partition coefficient (Wildman–Crippen LogP) is 6.43. The van der Waals surface area contributed by atoms with E-state index in [0.29, 0.717) is 23.9 Å². The molecular formula is C20H16BrClFNO. The molecule has 0 aliphatic carbocycles. The Morgan fingerprint density at radius 2 is 1.60 bits per heavy atom. The molecule has 0 amide bonds. The van der Waals surface area contributed by atoms with Gasteiger partial charge >= 0.3 is 0 Å². The number of hydrogen-bond acceptors (Lipinski definition) is 2. The van der Waals surface area contributed by atoms with Crippen LogP contribution >= 0.6 is 27.5 Å². The van der Waals surface area contributed by atoms with Crippen molar-refractivity contribution in [2.45, 2.75) is 13.2 Å². The first kappa shape index (κ1) is 17.8. The van der Waals surface area contributed by atoms with Gasteiger partial charge in [-0.3, -0.25) is 0 Å². The molecule has 3 rings (SSSR count). The van der Waals surface area contributed by atoms with E-state index in [9.17, 15) is 4.39 Å². The molecule has 1 N–H and O–H groups in total. The molecule has 0 atom stereocenters. The lowest BCUT2D eigenvalue weighted by atomic mass is 10.2. The van der Waals surface area contributed by atoms with Crippen LogP contribution in [0, 0.1) is 5.82 Å². The van der Waals surface area contributed by atoms with Crippen LogP contribution in [-0.4, -0.2) is 0 Å². The van der Waals surface area contributed by atoms with Crippen LogP contribution in [0.1, 0.15) is 11.1 Å². The zero-order valence-corrected chi connectivity index (χ0v) is 15.6. The summed E-state index contributed by atoms with van der Waals surface area (Å²) in [5.74, 6) is 0.399. The molecule has 0 aromatic heterocycles. The summed E-state index contributed by atoms with van der Waals surface area (Å²) in [7, 11) is 0. The highest BCUT2D eigenvalue weighted by molar-refractivity contribution is 9.10. The van der Waals surface area contributed by atoms with E-state index in [1.807, 2.05) is 42.5 Å². The van der Waals surface area contributed by atoms with Crippen molar-refractivity contribution in [3.8, 4) is 5.75 Å². The van der Waals surface area contributed by atoms with Crippen molar-refractivity contribution in [3.63, 3.8) is 0 Å². The average Bonchev–Trinajstić information content (AvgIpc) is 2.62. The fraction of sp³-hybridized carbons (Fsp3) is 0.100. The first-order valence-electron chi connectivity index (χ1n) is 7.75. The van der Waals surface area contributed by atoms with Crippen LogP contribution in [0.15, 0.2) is 71.2 Å². The highest BCUT2D eigenvalue weighted by atomic mass is 79.9. The maximum Gasteiger partial charge on any atom is 0.138 e. The lowest BCUT2D eigenvalue weighted by molar-refractivity contribution is 0.306. The van der Waals surface area contributed by atoms with Crippen LogP contribution in [0.25, 0.3) is 0 Å². The maximum atomic E-state index is 12.9. The third kappa shape index (κ3) is 5.21. The number of anilines is 1. The van der Waals surface area contributed by atoms with Gasteiger partial charge in [0.1, 0.15) is 18.2 Å². The fourth-order valence-corrected chi connectivity index (χ4v) is 2.81. The van der Waals surface area contributed by atoms with Gasteiger partial charge in [0.15, 0.2) is 0 Å². The molecule has 128 valence electrons. The van der Waals surface area contributed by atoms with Gasteiger partial charge in [-0.1, -0.05) is 45.7 Å². The summed E-state index contributed by atoms with van der Waals surface area (Å²) < 4.78 is 19.7. The van der Waals surface area contributed by atoms with Crippen LogP contribution in [0.3, 0.4) is 0 Å². The summed E-state index contributed by atoms with van der Waals surface area (Å²) in [6.07, 6.45) is 0. The third-order valence-corrected chi connectivity index (χ3v) is 4.47. The minimum absolute atomic E-state index is 0.249. The van der Waals surface area contributed by atoms with Gasteiger partial charge in [0, 0.05) is 16.7 Å². The van der Waals surface area contributed by atoms with Gasteiger partial charge in [-0.2, -0.15) is 0 Å². The van der Waals surface area contributed by atoms with Crippen molar-refractivity contribution in [1.82, 2.24) is 0 Å². The van der Waals surface area contributed by atoms with E-state index in [4.69, 9.17) is 16.3 Å². The zero-order valence-electron chi connectivity index (χ0n) is 13.3. The second-order valence-corrected chi connectivity index (χ2v) is 6.86. The van der Waals surface area contributed by atoms with Crippen molar-refractivity contribution in [2.24, 2.45) is 0 Å². The van der Waals surface area contributed by atoms with Crippen LogP contribution < -0.4 is 10.1 Å². The number of ether oxygens (including phenoxy) is 1. The summed E-state index contributed by atoms with van der Waals surface area (Å²) in [4.78, 5) is 0. The van der Waals surface area contributed by atoms with Gasteiger partial charge < -0.3 is 10.1 Å². The molecule has 3 aromatic carbocycles. The van der Waals surface area contributed by atoms with E-state index in [-0.39, 0.29) is 5.82 Å². The van der Waals surface area contributed by atoms with Crippen molar-refractivity contribution in [1.29, 1.82) is 0 Å². The van der Waals surface area contributed by atoms with Crippen LogP contribution in [0.5, 0.6) is 5.75 Å². The van der Waals surface area contributed by atoms with Gasteiger partial charge in [-0.15, -0.1) is 0 Å². The van der Waals surface area contributed by atoms with Gasteiger partial charge in [0.05, 0.1) is 5.02 Å². The number of halogens is 3. The van der Waals surface area contributed by atoms with E-state index in [2.05, 4.69) is 21.2 Å². The molecule has 25 heavy (non-hydrogen) atoms. The molecular weight excluding hydrogens is 405 g/mol. The molecule has 0 saturated heterocycles. The summed E-state index contributed by atoms with van der Waals surface area (Å²) in [5.41, 5.74) is 2.94. The molecule has 0 unspecified atom stereocenters. The van der Waals surface area contributed by atoms with Crippen LogP contribution in [0.2, 0.25) is 5.02 Å². The molecule has 0 spiro atoms. The largest absolute Gasteiger partial charge is 0.487 e. The fourth-order valence-electron chi connectivity index (χ4n) is 2.28. The topological polar surface area (TPSA) is 21.3 Å². The Morgan fingerprint density at radius 1 is 0.920 bits per heavy atom. The van der Waals surface area contributed by atoms with Crippen molar-refractivity contribution < 1.29 is 9.13 Å². The number of benzene rings is 3. The van der Waals surface area contributed by atoms with E-state index >= 15 is 0 Å². The summed E-state index contributed by atoms with van der Waals surface area (Å²) >= 11 is 9.72. The SMILES string of the molecule is Fc1ccc(NCc2ccc(OCc3ccc(Br)cc3)c(Cl)c2)cc1. The second kappa shape index (κ2) is 8.37. The highest BCUT2D eigenvalue weighted by Gasteiger charge is 2.04. The Morgan fingerprint density at radius 3 is 2.28 bits per heavy atom. The Kier molecular flexibility index (Phi) is 5.95. The van der Waals surface area contributed by atoms with Gasteiger partial charge in [-0.25, -0.2) is 4.39 Å². The Hall–Kier alpha value is -2.04. The van der Waals surface area contributed by atoms with E-state index in [1.165, 1.54) is 12.1 Å². The number of nitrogens with one attached hydrogen (secondary N) is 1. The number of rotatable bonds is 6. The lowest BCUT2D eigenvalue weighted by Gasteiger charge is -2.11. The van der Waals surface area contributed by atoms with E-state index in [0.717, 1.165) is 21.3 Å². The van der Waals surface area contributed by atoms with Crippen molar-refractivity contribution >= 4 is 33.2 Å². The normalized spacial score (nSPS) is 10.5. The molecule has 0 bridgehead atoms. The summed E-state index contributed by atoms with van der Waals surface area (Å²) in [6, 6.07) is 19.9. The van der Waals surface area contributed by atoms with Gasteiger partial charge in [0.2, 0.25) is 0 Å². The first-order valence-corrected chi connectivity index (χ1v) is 8.92. The van der Waals surface area contributed by atoms with Crippen molar-refractivity contribution in [2.75, 3.05) is 5.32 Å². The van der Waals surface area contributed by atoms with Gasteiger partial charge in [0.25, 0.3) is 0 Å². The molecule has 0 aliphatic heterocycles. The van der Waals surface area contributed by atoms with E-state index in [1.54, 1.807) is 12.1 Å². The smallest absolute Gasteiger partial charge is 0.138 e. The lowest BCUT2D eigenvalue weighted by Crippen LogP contribution is -2.00. The summed E-state index contributed by atoms with van der Waals surface area (Å²) in [5, 5.41) is 3.79. The minimum Gasteiger partial charge on any atom is -0.487 e. The standard InChI is InChI=1S/C20H16BrClFNO/c21-16-4-1-14(2-5-16)13-25-20-10-3-15(11-19(20)22)12-24-18-8-6-17(23)7-9-18/h1-11,24H,12-13H2. The molecule has 2 nitrogen and oxygen atoms in total. The second-order valence-electron chi connectivity index (χ2n) is 5.54. The van der Waals surface area contributed by atoms with Crippen molar-refractivity contribution in [3.05, 3.63) is 93.2 Å². The zero-order chi connectivity index (χ0) is 17.6. The van der Waals surface area contributed by atoms with Crippen LogP contribution in [-0.2, 0) is 13.2 Å². The summed E-state index contributed by atoms with van der Waals surface area (Å²) in [6.45, 7) is 1.05.